The van der Waals surface area contributed by atoms with Gasteiger partial charge in [-0.2, -0.15) is 0 Å². The van der Waals surface area contributed by atoms with Crippen LogP contribution in [0.25, 0.3) is 0 Å². The molecule has 12 heavy (non-hydrogen) atoms. The molecule has 0 spiro atoms. The highest BCUT2D eigenvalue weighted by atomic mass is 35.5. The van der Waals surface area contributed by atoms with Crippen LogP contribution in [-0.2, 0) is 0 Å². The van der Waals surface area contributed by atoms with Crippen LogP contribution in [0.2, 0.25) is 5.02 Å². The predicted octanol–water partition coefficient (Wildman–Crippen LogP) is 2.83. The molecule has 0 amide bonds. The van der Waals surface area contributed by atoms with Gasteiger partial charge >= 0.3 is 0 Å². The van der Waals surface area contributed by atoms with Crippen molar-refractivity contribution in [2.45, 2.75) is 13.0 Å². The van der Waals surface area contributed by atoms with Gasteiger partial charge in [0.15, 0.2) is 0 Å². The summed E-state index contributed by atoms with van der Waals surface area (Å²) in [5.41, 5.74) is 7.80. The summed E-state index contributed by atoms with van der Waals surface area (Å²) in [6.07, 6.45) is 1.70. The molecule has 1 aromatic rings. The molecule has 0 saturated carbocycles. The lowest BCUT2D eigenvalue weighted by molar-refractivity contribution is 0.913. The number of hydrogen-bond acceptors (Lipinski definition) is 1. The summed E-state index contributed by atoms with van der Waals surface area (Å²) in [5, 5.41) is 0.754. The Balaban J connectivity index is 3.04. The van der Waals surface area contributed by atoms with Crippen LogP contribution in [0, 0.1) is 6.92 Å². The Morgan fingerprint density at radius 3 is 2.75 bits per heavy atom. The van der Waals surface area contributed by atoms with Crippen molar-refractivity contribution < 1.29 is 0 Å². The first-order valence-electron chi connectivity index (χ1n) is 3.79. The van der Waals surface area contributed by atoms with Crippen molar-refractivity contribution in [2.24, 2.45) is 5.73 Å². The molecule has 0 aliphatic carbocycles. The lowest BCUT2D eigenvalue weighted by atomic mass is 10.1. The standard InChI is InChI=1S/C10H12ClN/c1-3-10(12)8-5-4-7(2)9(11)6-8/h3-6,10H,1,12H2,2H3. The minimum atomic E-state index is -0.122. The molecule has 1 nitrogen and oxygen atoms in total. The van der Waals surface area contributed by atoms with Crippen molar-refractivity contribution in [2.75, 3.05) is 0 Å². The first kappa shape index (κ1) is 9.30. The van der Waals surface area contributed by atoms with Crippen molar-refractivity contribution in [1.29, 1.82) is 0 Å². The van der Waals surface area contributed by atoms with Crippen LogP contribution >= 0.6 is 11.6 Å². The zero-order valence-electron chi connectivity index (χ0n) is 7.05. The third-order valence-corrected chi connectivity index (χ3v) is 2.24. The lowest BCUT2D eigenvalue weighted by Crippen LogP contribution is -2.06. The van der Waals surface area contributed by atoms with Gasteiger partial charge in [0.1, 0.15) is 0 Å². The average Bonchev–Trinajstić information content (AvgIpc) is 2.08. The molecule has 0 radical (unpaired) electrons. The highest BCUT2D eigenvalue weighted by molar-refractivity contribution is 6.31. The number of nitrogens with two attached hydrogens (primary N) is 1. The lowest BCUT2D eigenvalue weighted by Gasteiger charge is -2.07. The van der Waals surface area contributed by atoms with Gasteiger partial charge in [-0.25, -0.2) is 0 Å². The van der Waals surface area contributed by atoms with E-state index in [1.807, 2.05) is 25.1 Å². The molecule has 1 unspecified atom stereocenters. The van der Waals surface area contributed by atoms with Crippen molar-refractivity contribution in [3.05, 3.63) is 47.0 Å². The molecule has 0 aromatic heterocycles. The van der Waals surface area contributed by atoms with E-state index in [1.165, 1.54) is 0 Å². The van der Waals surface area contributed by atoms with Gasteiger partial charge in [-0.1, -0.05) is 29.8 Å². The van der Waals surface area contributed by atoms with Gasteiger partial charge in [0, 0.05) is 11.1 Å². The summed E-state index contributed by atoms with van der Waals surface area (Å²) in [5.74, 6) is 0. The van der Waals surface area contributed by atoms with E-state index in [0.717, 1.165) is 16.1 Å². The van der Waals surface area contributed by atoms with Crippen molar-refractivity contribution >= 4 is 11.6 Å². The molecule has 1 aromatic carbocycles. The fourth-order valence-corrected chi connectivity index (χ4v) is 1.14. The molecule has 1 atom stereocenters. The zero-order chi connectivity index (χ0) is 9.14. The molecule has 0 aliphatic rings. The van der Waals surface area contributed by atoms with Crippen LogP contribution in [0.1, 0.15) is 17.2 Å². The van der Waals surface area contributed by atoms with E-state index in [0.29, 0.717) is 0 Å². The minimum absolute atomic E-state index is 0.122. The normalized spacial score (nSPS) is 12.6. The molecule has 2 heteroatoms. The molecule has 0 saturated heterocycles. The highest BCUT2D eigenvalue weighted by Crippen LogP contribution is 2.20. The summed E-state index contributed by atoms with van der Waals surface area (Å²) in [6, 6.07) is 5.68. The third-order valence-electron chi connectivity index (χ3n) is 1.83. The van der Waals surface area contributed by atoms with Crippen LogP contribution in [-0.4, -0.2) is 0 Å². The van der Waals surface area contributed by atoms with Gasteiger partial charge in [0.25, 0.3) is 0 Å². The Hall–Kier alpha value is -0.790. The first-order valence-corrected chi connectivity index (χ1v) is 4.17. The van der Waals surface area contributed by atoms with Crippen LogP contribution < -0.4 is 5.73 Å². The van der Waals surface area contributed by atoms with Crippen LogP contribution in [0.4, 0.5) is 0 Å². The van der Waals surface area contributed by atoms with E-state index >= 15 is 0 Å². The quantitative estimate of drug-likeness (QED) is 0.698. The second-order valence-corrected chi connectivity index (χ2v) is 3.18. The van der Waals surface area contributed by atoms with E-state index in [9.17, 15) is 0 Å². The van der Waals surface area contributed by atoms with Crippen molar-refractivity contribution in [3.63, 3.8) is 0 Å². The van der Waals surface area contributed by atoms with Gasteiger partial charge in [0.2, 0.25) is 0 Å². The van der Waals surface area contributed by atoms with Crippen molar-refractivity contribution in [3.8, 4) is 0 Å². The zero-order valence-corrected chi connectivity index (χ0v) is 7.81. The molecule has 0 aliphatic heterocycles. The second kappa shape index (κ2) is 3.74. The van der Waals surface area contributed by atoms with E-state index in [4.69, 9.17) is 17.3 Å². The maximum Gasteiger partial charge on any atom is 0.0479 e. The van der Waals surface area contributed by atoms with Gasteiger partial charge in [-0.05, 0) is 24.1 Å². The van der Waals surface area contributed by atoms with Crippen LogP contribution in [0.15, 0.2) is 30.9 Å². The van der Waals surface area contributed by atoms with Gasteiger partial charge in [-0.15, -0.1) is 6.58 Å². The van der Waals surface area contributed by atoms with Gasteiger partial charge in [-0.3, -0.25) is 0 Å². The van der Waals surface area contributed by atoms with Crippen LogP contribution in [0.5, 0.6) is 0 Å². The highest BCUT2D eigenvalue weighted by Gasteiger charge is 2.02. The summed E-state index contributed by atoms with van der Waals surface area (Å²) >= 11 is 5.93. The number of halogens is 1. The molecule has 2 N–H and O–H groups in total. The number of benzene rings is 1. The first-order chi connectivity index (χ1) is 5.65. The summed E-state index contributed by atoms with van der Waals surface area (Å²) in [6.45, 7) is 5.58. The maximum absolute atomic E-state index is 5.93. The molecule has 0 bridgehead atoms. The number of rotatable bonds is 2. The summed E-state index contributed by atoms with van der Waals surface area (Å²) < 4.78 is 0. The summed E-state index contributed by atoms with van der Waals surface area (Å²) in [4.78, 5) is 0. The Morgan fingerprint density at radius 2 is 2.25 bits per heavy atom. The predicted molar refractivity (Wildman–Crippen MR) is 53.3 cm³/mol. The Kier molecular flexibility index (Phi) is 2.90. The van der Waals surface area contributed by atoms with E-state index in [-0.39, 0.29) is 6.04 Å². The van der Waals surface area contributed by atoms with E-state index in [1.54, 1.807) is 6.08 Å². The molecule has 1 rings (SSSR count). The fraction of sp³-hybridized carbons (Fsp3) is 0.200. The molecule has 0 fully saturated rings. The molecule has 0 heterocycles. The molecule has 64 valence electrons. The SMILES string of the molecule is C=CC(N)c1ccc(C)c(Cl)c1. The van der Waals surface area contributed by atoms with E-state index in [2.05, 4.69) is 6.58 Å². The third kappa shape index (κ3) is 1.87. The number of aryl methyl sites for hydroxylation is 1. The maximum atomic E-state index is 5.93. The monoisotopic (exact) mass is 181 g/mol. The molecular weight excluding hydrogens is 170 g/mol. The van der Waals surface area contributed by atoms with Gasteiger partial charge < -0.3 is 5.73 Å². The topological polar surface area (TPSA) is 26.0 Å². The Morgan fingerprint density at radius 1 is 1.58 bits per heavy atom. The Labute approximate surface area is 77.8 Å². The largest absolute Gasteiger partial charge is 0.321 e. The van der Waals surface area contributed by atoms with E-state index < -0.39 is 0 Å². The van der Waals surface area contributed by atoms with Crippen molar-refractivity contribution in [1.82, 2.24) is 0 Å². The fourth-order valence-electron chi connectivity index (χ4n) is 0.953. The second-order valence-electron chi connectivity index (χ2n) is 2.77. The summed E-state index contributed by atoms with van der Waals surface area (Å²) in [7, 11) is 0. The van der Waals surface area contributed by atoms with Crippen LogP contribution in [0.3, 0.4) is 0 Å². The average molecular weight is 182 g/mol. The minimum Gasteiger partial charge on any atom is -0.321 e. The smallest absolute Gasteiger partial charge is 0.0479 e. The molecular formula is C10H12ClN. The Bertz CT molecular complexity index is 294. The van der Waals surface area contributed by atoms with Gasteiger partial charge in [0.05, 0.1) is 0 Å². The number of hydrogen-bond donors (Lipinski definition) is 1.